The Kier molecular flexibility index (Phi) is 7.19. The summed E-state index contributed by atoms with van der Waals surface area (Å²) in [5.74, 6) is 0. The number of anilines is 3. The molecule has 0 aliphatic heterocycles. The van der Waals surface area contributed by atoms with Crippen LogP contribution in [0.5, 0.6) is 0 Å². The van der Waals surface area contributed by atoms with Crippen molar-refractivity contribution in [2.75, 3.05) is 4.90 Å². The molecule has 0 atom stereocenters. The van der Waals surface area contributed by atoms with E-state index in [4.69, 9.17) is 0 Å². The van der Waals surface area contributed by atoms with E-state index >= 15 is 0 Å². The average Bonchev–Trinajstić information content (AvgIpc) is 3.67. The number of rotatable bonds is 6. The summed E-state index contributed by atoms with van der Waals surface area (Å²) < 4.78 is 2.46. The lowest BCUT2D eigenvalue weighted by Crippen LogP contribution is -2.14. The van der Waals surface area contributed by atoms with E-state index in [1.54, 1.807) is 0 Å². The van der Waals surface area contributed by atoms with E-state index in [1.807, 2.05) is 0 Å². The Balaban J connectivity index is 1.20. The summed E-state index contributed by atoms with van der Waals surface area (Å²) in [5.41, 5.74) is 17.1. The van der Waals surface area contributed by atoms with Gasteiger partial charge in [-0.1, -0.05) is 153 Å². The van der Waals surface area contributed by atoms with Crippen molar-refractivity contribution in [2.45, 2.75) is 19.3 Å². The highest BCUT2D eigenvalue weighted by Gasteiger charge is 2.37. The van der Waals surface area contributed by atoms with Crippen LogP contribution < -0.4 is 4.90 Å². The van der Waals surface area contributed by atoms with Gasteiger partial charge in [0.25, 0.3) is 0 Å². The first-order valence-corrected chi connectivity index (χ1v) is 18.4. The zero-order valence-corrected chi connectivity index (χ0v) is 29.9. The van der Waals surface area contributed by atoms with Crippen LogP contribution in [0.15, 0.2) is 194 Å². The van der Waals surface area contributed by atoms with E-state index in [0.717, 1.165) is 22.7 Å². The topological polar surface area (TPSA) is 8.17 Å². The van der Waals surface area contributed by atoms with E-state index in [2.05, 4.69) is 217 Å². The molecular formula is C51H38N2. The zero-order valence-electron chi connectivity index (χ0n) is 29.9. The summed E-state index contributed by atoms with van der Waals surface area (Å²) in [6, 6.07) is 70.7. The van der Waals surface area contributed by atoms with Gasteiger partial charge in [0.05, 0.1) is 11.0 Å². The van der Waals surface area contributed by atoms with Crippen LogP contribution >= 0.6 is 0 Å². The van der Waals surface area contributed by atoms with Crippen LogP contribution in [0.3, 0.4) is 0 Å². The number of fused-ring (bicyclic) bond motifs is 7. The smallest absolute Gasteiger partial charge is 0.0562 e. The average molecular weight is 679 g/mol. The highest BCUT2D eigenvalue weighted by Crippen LogP contribution is 2.53. The Morgan fingerprint density at radius 3 is 1.53 bits per heavy atom. The van der Waals surface area contributed by atoms with Crippen molar-refractivity contribution in [1.29, 1.82) is 0 Å². The Bertz CT molecular complexity index is 2680. The molecule has 0 bridgehead atoms. The molecule has 0 N–H and O–H groups in total. The van der Waals surface area contributed by atoms with Gasteiger partial charge in [-0.3, -0.25) is 0 Å². The minimum atomic E-state index is -0.0736. The lowest BCUT2D eigenvalue weighted by molar-refractivity contribution is 0.661. The summed E-state index contributed by atoms with van der Waals surface area (Å²) in [6.07, 6.45) is 0. The maximum atomic E-state index is 2.46. The summed E-state index contributed by atoms with van der Waals surface area (Å²) in [6.45, 7) is 4.73. The van der Waals surface area contributed by atoms with E-state index in [-0.39, 0.29) is 5.41 Å². The molecule has 0 fully saturated rings. The van der Waals surface area contributed by atoms with Crippen molar-refractivity contribution in [3.05, 3.63) is 205 Å². The fourth-order valence-electron chi connectivity index (χ4n) is 8.60. The van der Waals surface area contributed by atoms with E-state index in [1.165, 1.54) is 66.3 Å². The summed E-state index contributed by atoms with van der Waals surface area (Å²) in [7, 11) is 0. The molecule has 0 unspecified atom stereocenters. The predicted octanol–water partition coefficient (Wildman–Crippen LogP) is 13.9. The third-order valence-electron chi connectivity index (χ3n) is 11.2. The molecule has 0 saturated heterocycles. The first-order chi connectivity index (χ1) is 26.1. The molecule has 9 aromatic rings. The lowest BCUT2D eigenvalue weighted by Gasteiger charge is -2.26. The second kappa shape index (κ2) is 12.3. The van der Waals surface area contributed by atoms with Crippen LogP contribution in [-0.2, 0) is 5.41 Å². The molecule has 53 heavy (non-hydrogen) atoms. The normalized spacial score (nSPS) is 12.9. The van der Waals surface area contributed by atoms with Crippen molar-refractivity contribution in [2.24, 2.45) is 0 Å². The second-order valence-corrected chi connectivity index (χ2v) is 14.6. The van der Waals surface area contributed by atoms with Gasteiger partial charge in [0, 0.05) is 38.9 Å². The standard InChI is InChI=1S/C51H38N2/c1-51(2)45-21-13-12-20-43(45)49-46(51)32-33-47-50(49)44-31-30-42(34-48(44)53(47)39-18-10-5-11-19-39)52(40-26-22-37(23-27-40)35-14-6-3-7-15-35)41-28-24-38(25-29-41)36-16-8-4-9-17-36/h3-34H,1-2H3. The Morgan fingerprint density at radius 1 is 0.415 bits per heavy atom. The van der Waals surface area contributed by atoms with Gasteiger partial charge in [-0.05, 0) is 99.1 Å². The first-order valence-electron chi connectivity index (χ1n) is 18.4. The van der Waals surface area contributed by atoms with Crippen LogP contribution in [0.4, 0.5) is 17.1 Å². The van der Waals surface area contributed by atoms with Crippen LogP contribution in [0, 0.1) is 0 Å². The first kappa shape index (κ1) is 31.1. The monoisotopic (exact) mass is 678 g/mol. The number of nitrogens with zero attached hydrogens (tertiary/aromatic N) is 2. The molecule has 252 valence electrons. The Labute approximate surface area is 310 Å². The number of benzene rings is 8. The lowest BCUT2D eigenvalue weighted by atomic mass is 9.82. The predicted molar refractivity (Wildman–Crippen MR) is 224 cm³/mol. The van der Waals surface area contributed by atoms with Crippen molar-refractivity contribution < 1.29 is 0 Å². The number of hydrogen-bond donors (Lipinski definition) is 0. The molecule has 2 heteroatoms. The molecule has 1 aliphatic carbocycles. The molecule has 2 nitrogen and oxygen atoms in total. The minimum Gasteiger partial charge on any atom is -0.310 e. The fourth-order valence-corrected chi connectivity index (χ4v) is 8.60. The zero-order chi connectivity index (χ0) is 35.5. The molecule has 1 aromatic heterocycles. The van der Waals surface area contributed by atoms with Gasteiger partial charge in [0.1, 0.15) is 0 Å². The van der Waals surface area contributed by atoms with Crippen LogP contribution in [0.25, 0.3) is 60.9 Å². The van der Waals surface area contributed by atoms with Gasteiger partial charge >= 0.3 is 0 Å². The van der Waals surface area contributed by atoms with Crippen molar-refractivity contribution in [3.8, 4) is 39.1 Å². The van der Waals surface area contributed by atoms with E-state index in [0.29, 0.717) is 0 Å². The van der Waals surface area contributed by atoms with Crippen LogP contribution in [0.2, 0.25) is 0 Å². The largest absolute Gasteiger partial charge is 0.310 e. The van der Waals surface area contributed by atoms with Crippen molar-refractivity contribution in [1.82, 2.24) is 4.57 Å². The molecule has 0 spiro atoms. The van der Waals surface area contributed by atoms with Gasteiger partial charge in [-0.2, -0.15) is 0 Å². The van der Waals surface area contributed by atoms with E-state index in [9.17, 15) is 0 Å². The number of aromatic nitrogens is 1. The number of hydrogen-bond acceptors (Lipinski definition) is 1. The maximum absolute atomic E-state index is 2.46. The molecule has 1 heterocycles. The molecule has 8 aromatic carbocycles. The molecule has 0 amide bonds. The van der Waals surface area contributed by atoms with Crippen molar-refractivity contribution in [3.63, 3.8) is 0 Å². The summed E-state index contributed by atoms with van der Waals surface area (Å²) >= 11 is 0. The van der Waals surface area contributed by atoms with Gasteiger partial charge < -0.3 is 9.47 Å². The molecular weight excluding hydrogens is 641 g/mol. The summed E-state index contributed by atoms with van der Waals surface area (Å²) in [5, 5.41) is 2.58. The SMILES string of the molecule is CC1(C)c2ccccc2-c2c1ccc1c2c2ccc(N(c3ccc(-c4ccccc4)cc3)c3ccc(-c4ccccc4)cc3)cc2n1-c1ccccc1. The fraction of sp³-hybridized carbons (Fsp3) is 0.0588. The molecule has 1 aliphatic rings. The van der Waals surface area contributed by atoms with Gasteiger partial charge in [0.2, 0.25) is 0 Å². The highest BCUT2D eigenvalue weighted by molar-refractivity contribution is 6.18. The third-order valence-corrected chi connectivity index (χ3v) is 11.2. The van der Waals surface area contributed by atoms with E-state index < -0.39 is 0 Å². The molecule has 0 radical (unpaired) electrons. The van der Waals surface area contributed by atoms with Gasteiger partial charge in [-0.25, -0.2) is 0 Å². The van der Waals surface area contributed by atoms with Crippen LogP contribution in [-0.4, -0.2) is 4.57 Å². The maximum Gasteiger partial charge on any atom is 0.0562 e. The van der Waals surface area contributed by atoms with Crippen molar-refractivity contribution >= 4 is 38.9 Å². The summed E-state index contributed by atoms with van der Waals surface area (Å²) in [4.78, 5) is 2.39. The minimum absolute atomic E-state index is 0.0736. The molecule has 0 saturated carbocycles. The second-order valence-electron chi connectivity index (χ2n) is 14.6. The highest BCUT2D eigenvalue weighted by atomic mass is 15.1. The van der Waals surface area contributed by atoms with Crippen LogP contribution in [0.1, 0.15) is 25.0 Å². The number of para-hydroxylation sites is 1. The van der Waals surface area contributed by atoms with Gasteiger partial charge in [-0.15, -0.1) is 0 Å². The quantitative estimate of drug-likeness (QED) is 0.170. The Hall–Kier alpha value is -6.64. The molecule has 10 rings (SSSR count). The third kappa shape index (κ3) is 5.02. The Morgan fingerprint density at radius 2 is 0.925 bits per heavy atom. The van der Waals surface area contributed by atoms with Gasteiger partial charge in [0.15, 0.2) is 0 Å².